The van der Waals surface area contributed by atoms with Crippen LogP contribution >= 0.6 is 0 Å². The molecule has 0 spiro atoms. The molecule has 1 fully saturated rings. The van der Waals surface area contributed by atoms with Crippen molar-refractivity contribution < 1.29 is 4.79 Å². The molecule has 0 aromatic heterocycles. The van der Waals surface area contributed by atoms with E-state index in [0.717, 1.165) is 0 Å². The largest absolute Gasteiger partial charge is 0.336 e. The Morgan fingerprint density at radius 3 is 2.61 bits per heavy atom. The summed E-state index contributed by atoms with van der Waals surface area (Å²) < 4.78 is 0. The third-order valence-electron chi connectivity index (χ3n) is 3.44. The maximum absolute atomic E-state index is 11.7. The molecule has 1 heterocycles. The van der Waals surface area contributed by atoms with Crippen LogP contribution < -0.4 is 11.1 Å². The van der Waals surface area contributed by atoms with Crippen LogP contribution in [-0.2, 0) is 0 Å². The highest BCUT2D eigenvalue weighted by molar-refractivity contribution is 5.77. The van der Waals surface area contributed by atoms with Crippen molar-refractivity contribution in [1.82, 2.24) is 10.2 Å². The van der Waals surface area contributed by atoms with Crippen LogP contribution in [0, 0.1) is 0 Å². The smallest absolute Gasteiger partial charge is 0.318 e. The number of amides is 2. The fourth-order valence-electron chi connectivity index (χ4n) is 2.33. The summed E-state index contributed by atoms with van der Waals surface area (Å²) in [5, 5.41) is 2.87. The van der Waals surface area contributed by atoms with E-state index >= 15 is 0 Å². The van der Waals surface area contributed by atoms with Gasteiger partial charge in [-0.1, -0.05) is 38.1 Å². The maximum Gasteiger partial charge on any atom is 0.318 e. The van der Waals surface area contributed by atoms with E-state index in [9.17, 15) is 4.79 Å². The van der Waals surface area contributed by atoms with E-state index in [0.29, 0.717) is 25.6 Å². The lowest BCUT2D eigenvalue weighted by Crippen LogP contribution is -2.34. The van der Waals surface area contributed by atoms with Gasteiger partial charge in [0.15, 0.2) is 0 Å². The number of nitrogens with one attached hydrogen (secondary N) is 1. The molecule has 4 nitrogen and oxygen atoms in total. The number of urea groups is 1. The van der Waals surface area contributed by atoms with Crippen LogP contribution in [0.2, 0.25) is 0 Å². The summed E-state index contributed by atoms with van der Waals surface area (Å²) in [4.78, 5) is 13.5. The summed E-state index contributed by atoms with van der Waals surface area (Å²) in [7, 11) is 0. The summed E-state index contributed by atoms with van der Waals surface area (Å²) in [6.45, 7) is 6.11. The van der Waals surface area contributed by atoms with Gasteiger partial charge in [0.1, 0.15) is 0 Å². The molecule has 4 heteroatoms. The molecule has 1 atom stereocenters. The summed E-state index contributed by atoms with van der Waals surface area (Å²) in [6.07, 6.45) is 0. The van der Waals surface area contributed by atoms with Crippen molar-refractivity contribution >= 4 is 6.03 Å². The van der Waals surface area contributed by atoms with Gasteiger partial charge >= 0.3 is 6.03 Å². The lowest BCUT2D eigenvalue weighted by Gasteiger charge is -2.23. The highest BCUT2D eigenvalue weighted by Crippen LogP contribution is 2.25. The molecule has 1 aromatic carbocycles. The van der Waals surface area contributed by atoms with Crippen molar-refractivity contribution in [3.05, 3.63) is 35.4 Å². The fraction of sp³-hybridized carbons (Fsp3) is 0.500. The van der Waals surface area contributed by atoms with E-state index < -0.39 is 0 Å². The van der Waals surface area contributed by atoms with Crippen molar-refractivity contribution in [3.63, 3.8) is 0 Å². The third kappa shape index (κ3) is 2.48. The van der Waals surface area contributed by atoms with Crippen molar-refractivity contribution in [3.8, 4) is 0 Å². The molecule has 0 saturated carbocycles. The standard InChI is InChI=1S/C14H21N3O/c1-10(2)11-3-5-12(6-4-11)13-9-16-14(18)17(13)8-7-15/h3-6,10,13H,7-9,15H2,1-2H3,(H,16,18). The fourth-order valence-corrected chi connectivity index (χ4v) is 2.33. The number of nitrogens with two attached hydrogens (primary N) is 1. The molecule has 1 aliphatic rings. The Morgan fingerprint density at radius 1 is 1.39 bits per heavy atom. The maximum atomic E-state index is 11.7. The summed E-state index contributed by atoms with van der Waals surface area (Å²) in [5.74, 6) is 0.530. The van der Waals surface area contributed by atoms with E-state index in [2.05, 4.69) is 43.4 Å². The van der Waals surface area contributed by atoms with E-state index in [4.69, 9.17) is 5.73 Å². The summed E-state index contributed by atoms with van der Waals surface area (Å²) >= 11 is 0. The lowest BCUT2D eigenvalue weighted by atomic mass is 9.99. The minimum Gasteiger partial charge on any atom is -0.336 e. The molecule has 1 saturated heterocycles. The van der Waals surface area contributed by atoms with Gasteiger partial charge in [0.2, 0.25) is 0 Å². The minimum atomic E-state index is -0.0154. The topological polar surface area (TPSA) is 58.4 Å². The SMILES string of the molecule is CC(C)c1ccc(C2CNC(=O)N2CCN)cc1. The van der Waals surface area contributed by atoms with Crippen molar-refractivity contribution in [1.29, 1.82) is 0 Å². The first-order valence-electron chi connectivity index (χ1n) is 6.48. The zero-order chi connectivity index (χ0) is 13.1. The van der Waals surface area contributed by atoms with Crippen LogP contribution in [0.3, 0.4) is 0 Å². The quantitative estimate of drug-likeness (QED) is 0.853. The zero-order valence-corrected chi connectivity index (χ0v) is 11.0. The average Bonchev–Trinajstić information content (AvgIpc) is 2.72. The number of carbonyl (C=O) groups excluding carboxylic acids is 1. The van der Waals surface area contributed by atoms with E-state index in [-0.39, 0.29) is 12.1 Å². The predicted octanol–water partition coefficient (Wildman–Crippen LogP) is 1.83. The molecule has 0 bridgehead atoms. The molecule has 1 unspecified atom stereocenters. The number of carbonyl (C=O) groups is 1. The monoisotopic (exact) mass is 247 g/mol. The Morgan fingerprint density at radius 2 is 2.06 bits per heavy atom. The second-order valence-corrected chi connectivity index (χ2v) is 5.01. The number of rotatable bonds is 4. The van der Waals surface area contributed by atoms with E-state index in [1.165, 1.54) is 11.1 Å². The zero-order valence-electron chi connectivity index (χ0n) is 11.0. The first kappa shape index (κ1) is 12.9. The second-order valence-electron chi connectivity index (χ2n) is 5.01. The van der Waals surface area contributed by atoms with Gasteiger partial charge in [-0.3, -0.25) is 0 Å². The van der Waals surface area contributed by atoms with Gasteiger partial charge in [0.05, 0.1) is 6.04 Å². The van der Waals surface area contributed by atoms with Crippen LogP contribution in [0.4, 0.5) is 4.79 Å². The predicted molar refractivity (Wildman–Crippen MR) is 72.4 cm³/mol. The Labute approximate surface area is 108 Å². The van der Waals surface area contributed by atoms with Crippen molar-refractivity contribution in [2.75, 3.05) is 19.6 Å². The minimum absolute atomic E-state index is 0.0154. The molecule has 18 heavy (non-hydrogen) atoms. The highest BCUT2D eigenvalue weighted by atomic mass is 16.2. The van der Waals surface area contributed by atoms with Crippen molar-refractivity contribution in [2.45, 2.75) is 25.8 Å². The van der Waals surface area contributed by atoms with Crippen LogP contribution in [0.5, 0.6) is 0 Å². The number of hydrogen-bond donors (Lipinski definition) is 2. The highest BCUT2D eigenvalue weighted by Gasteiger charge is 2.30. The molecular formula is C14H21N3O. The molecule has 0 radical (unpaired) electrons. The Bertz CT molecular complexity index is 414. The van der Waals surface area contributed by atoms with Crippen LogP contribution in [0.1, 0.15) is 36.9 Å². The van der Waals surface area contributed by atoms with Crippen LogP contribution in [-0.4, -0.2) is 30.6 Å². The van der Waals surface area contributed by atoms with Gasteiger partial charge < -0.3 is 16.0 Å². The van der Waals surface area contributed by atoms with Crippen LogP contribution in [0.25, 0.3) is 0 Å². The van der Waals surface area contributed by atoms with Gasteiger partial charge in [-0.15, -0.1) is 0 Å². The Balaban J connectivity index is 2.17. The van der Waals surface area contributed by atoms with Gasteiger partial charge in [-0.2, -0.15) is 0 Å². The second kappa shape index (κ2) is 5.40. The summed E-state index contributed by atoms with van der Waals surface area (Å²) in [5.41, 5.74) is 8.05. The molecule has 2 amide bonds. The van der Waals surface area contributed by atoms with Gasteiger partial charge in [-0.05, 0) is 17.0 Å². The van der Waals surface area contributed by atoms with Gasteiger partial charge in [0.25, 0.3) is 0 Å². The molecule has 1 aromatic rings. The molecule has 98 valence electrons. The normalized spacial score (nSPS) is 19.4. The van der Waals surface area contributed by atoms with Gasteiger partial charge in [0, 0.05) is 19.6 Å². The number of hydrogen-bond acceptors (Lipinski definition) is 2. The summed E-state index contributed by atoms with van der Waals surface area (Å²) in [6, 6.07) is 8.61. The average molecular weight is 247 g/mol. The first-order chi connectivity index (χ1) is 8.63. The van der Waals surface area contributed by atoms with Gasteiger partial charge in [-0.25, -0.2) is 4.79 Å². The first-order valence-corrected chi connectivity index (χ1v) is 6.48. The number of benzene rings is 1. The van der Waals surface area contributed by atoms with Crippen LogP contribution in [0.15, 0.2) is 24.3 Å². The molecular weight excluding hydrogens is 226 g/mol. The molecule has 3 N–H and O–H groups in total. The van der Waals surface area contributed by atoms with Crippen molar-refractivity contribution in [2.24, 2.45) is 5.73 Å². The lowest BCUT2D eigenvalue weighted by molar-refractivity contribution is 0.206. The Kier molecular flexibility index (Phi) is 3.87. The van der Waals surface area contributed by atoms with E-state index in [1.807, 2.05) is 4.90 Å². The Hall–Kier alpha value is -1.55. The third-order valence-corrected chi connectivity index (χ3v) is 3.44. The number of nitrogens with zero attached hydrogens (tertiary/aromatic N) is 1. The molecule has 0 aliphatic carbocycles. The van der Waals surface area contributed by atoms with E-state index in [1.54, 1.807) is 0 Å². The molecule has 1 aliphatic heterocycles. The molecule has 2 rings (SSSR count).